The largest absolute Gasteiger partial charge is 0.320 e. The molecule has 2 N–H and O–H groups in total. The molecular formula is C14H18FNS. The molecule has 3 heteroatoms. The summed E-state index contributed by atoms with van der Waals surface area (Å²) in [5.74, 6) is 6.32. The summed E-state index contributed by atoms with van der Waals surface area (Å²) in [5.41, 5.74) is 7.17. The van der Waals surface area contributed by atoms with Gasteiger partial charge in [0.25, 0.3) is 0 Å². The second-order valence-corrected chi connectivity index (χ2v) is 5.26. The Balaban J connectivity index is 2.82. The van der Waals surface area contributed by atoms with Gasteiger partial charge in [0.2, 0.25) is 0 Å². The van der Waals surface area contributed by atoms with Crippen molar-refractivity contribution in [2.75, 3.05) is 6.54 Å². The van der Waals surface area contributed by atoms with Gasteiger partial charge in [0.15, 0.2) is 0 Å². The van der Waals surface area contributed by atoms with Crippen LogP contribution < -0.4 is 5.73 Å². The van der Waals surface area contributed by atoms with Gasteiger partial charge in [0, 0.05) is 16.6 Å². The maximum absolute atomic E-state index is 13.1. The number of rotatable bonds is 4. The molecule has 0 spiro atoms. The van der Waals surface area contributed by atoms with Crippen molar-refractivity contribution in [1.82, 2.24) is 0 Å². The van der Waals surface area contributed by atoms with Crippen molar-refractivity contribution >= 4 is 11.8 Å². The lowest BCUT2D eigenvalue weighted by molar-refractivity contribution is 0.627. The molecule has 0 heterocycles. The SMILES string of the molecule is CCC(C)SCc1ccc(F)cc1C#CCN. The molecule has 1 aromatic carbocycles. The average Bonchev–Trinajstić information content (AvgIpc) is 2.34. The molecule has 0 saturated heterocycles. The molecule has 0 aliphatic heterocycles. The molecule has 17 heavy (non-hydrogen) atoms. The highest BCUT2D eigenvalue weighted by Gasteiger charge is 2.05. The molecule has 0 amide bonds. The number of thioether (sulfide) groups is 1. The van der Waals surface area contributed by atoms with E-state index in [2.05, 4.69) is 25.7 Å². The first-order chi connectivity index (χ1) is 8.17. The Labute approximate surface area is 107 Å². The van der Waals surface area contributed by atoms with Gasteiger partial charge in [-0.25, -0.2) is 4.39 Å². The third kappa shape index (κ3) is 4.80. The highest BCUT2D eigenvalue weighted by atomic mass is 32.2. The van der Waals surface area contributed by atoms with Crippen LogP contribution in [0.4, 0.5) is 4.39 Å². The Kier molecular flexibility index (Phi) is 6.10. The lowest BCUT2D eigenvalue weighted by Crippen LogP contribution is -1.97. The van der Waals surface area contributed by atoms with Crippen LogP contribution in [0.25, 0.3) is 0 Å². The lowest BCUT2D eigenvalue weighted by Gasteiger charge is -2.09. The van der Waals surface area contributed by atoms with Crippen molar-refractivity contribution in [3.8, 4) is 11.8 Å². The fourth-order valence-electron chi connectivity index (χ4n) is 1.29. The van der Waals surface area contributed by atoms with Gasteiger partial charge in [-0.3, -0.25) is 0 Å². The van der Waals surface area contributed by atoms with Crippen molar-refractivity contribution in [3.05, 3.63) is 35.1 Å². The van der Waals surface area contributed by atoms with Gasteiger partial charge in [-0.2, -0.15) is 11.8 Å². The number of benzene rings is 1. The summed E-state index contributed by atoms with van der Waals surface area (Å²) >= 11 is 1.86. The number of hydrogen-bond donors (Lipinski definition) is 1. The van der Waals surface area contributed by atoms with Gasteiger partial charge in [0.05, 0.1) is 6.54 Å². The van der Waals surface area contributed by atoms with Crippen molar-refractivity contribution in [3.63, 3.8) is 0 Å². The Morgan fingerprint density at radius 3 is 2.88 bits per heavy atom. The summed E-state index contributed by atoms with van der Waals surface area (Å²) in [6, 6.07) is 4.78. The quantitative estimate of drug-likeness (QED) is 0.832. The molecule has 1 nitrogen and oxygen atoms in total. The fourth-order valence-corrected chi connectivity index (χ4v) is 2.24. The molecule has 1 aromatic rings. The molecule has 0 aliphatic rings. The van der Waals surface area contributed by atoms with Crippen molar-refractivity contribution in [2.45, 2.75) is 31.3 Å². The van der Waals surface area contributed by atoms with E-state index >= 15 is 0 Å². The molecule has 0 radical (unpaired) electrons. The van der Waals surface area contributed by atoms with E-state index in [1.54, 1.807) is 0 Å². The van der Waals surface area contributed by atoms with E-state index < -0.39 is 0 Å². The van der Waals surface area contributed by atoms with Crippen molar-refractivity contribution in [1.29, 1.82) is 0 Å². The summed E-state index contributed by atoms with van der Waals surface area (Å²) in [4.78, 5) is 0. The minimum absolute atomic E-state index is 0.247. The number of nitrogens with two attached hydrogens (primary N) is 1. The van der Waals surface area contributed by atoms with Crippen LogP contribution >= 0.6 is 11.8 Å². The monoisotopic (exact) mass is 251 g/mol. The number of halogens is 1. The van der Waals surface area contributed by atoms with E-state index in [9.17, 15) is 4.39 Å². The lowest BCUT2D eigenvalue weighted by atomic mass is 10.1. The molecule has 1 atom stereocenters. The maximum Gasteiger partial charge on any atom is 0.124 e. The first kappa shape index (κ1) is 14.1. The van der Waals surface area contributed by atoms with Gasteiger partial charge < -0.3 is 5.73 Å². The van der Waals surface area contributed by atoms with Gasteiger partial charge in [-0.05, 0) is 24.1 Å². The summed E-state index contributed by atoms with van der Waals surface area (Å²) in [5, 5.41) is 0.607. The van der Waals surface area contributed by atoms with E-state index in [0.29, 0.717) is 11.8 Å². The van der Waals surface area contributed by atoms with E-state index in [1.165, 1.54) is 12.1 Å². The smallest absolute Gasteiger partial charge is 0.124 e. The molecule has 0 fully saturated rings. The number of hydrogen-bond acceptors (Lipinski definition) is 2. The summed E-state index contributed by atoms with van der Waals surface area (Å²) < 4.78 is 13.1. The normalized spacial score (nSPS) is 11.8. The minimum Gasteiger partial charge on any atom is -0.320 e. The standard InChI is InChI=1S/C14H18FNS/c1-3-11(2)17-10-13-6-7-14(15)9-12(13)5-4-8-16/h6-7,9,11H,3,8,10,16H2,1-2H3. The van der Waals surface area contributed by atoms with Crippen molar-refractivity contribution in [2.24, 2.45) is 5.73 Å². The van der Waals surface area contributed by atoms with E-state index in [4.69, 9.17) is 5.73 Å². The predicted octanol–water partition coefficient (Wildman–Crippen LogP) is 3.17. The zero-order chi connectivity index (χ0) is 12.7. The molecule has 92 valence electrons. The summed E-state index contributed by atoms with van der Waals surface area (Å²) in [6.07, 6.45) is 1.13. The molecule has 0 saturated carbocycles. The van der Waals surface area contributed by atoms with Gasteiger partial charge in [0.1, 0.15) is 5.82 Å². The zero-order valence-electron chi connectivity index (χ0n) is 10.3. The van der Waals surface area contributed by atoms with Crippen molar-refractivity contribution < 1.29 is 4.39 Å². The topological polar surface area (TPSA) is 26.0 Å². The minimum atomic E-state index is -0.247. The third-order valence-corrected chi connectivity index (χ3v) is 3.88. The Morgan fingerprint density at radius 2 is 2.24 bits per heavy atom. The first-order valence-electron chi connectivity index (χ1n) is 5.76. The average molecular weight is 251 g/mol. The van der Waals surface area contributed by atoms with Crippen LogP contribution in [-0.2, 0) is 5.75 Å². The van der Waals surface area contributed by atoms with Gasteiger partial charge >= 0.3 is 0 Å². The van der Waals surface area contributed by atoms with Crippen LogP contribution in [0.1, 0.15) is 31.4 Å². The Bertz CT molecular complexity index is 420. The van der Waals surface area contributed by atoms with E-state index in [0.717, 1.165) is 23.3 Å². The Morgan fingerprint density at radius 1 is 1.47 bits per heavy atom. The molecule has 0 bridgehead atoms. The Hall–Kier alpha value is -0.980. The highest BCUT2D eigenvalue weighted by Crippen LogP contribution is 2.22. The van der Waals surface area contributed by atoms with E-state index in [-0.39, 0.29) is 5.82 Å². The second kappa shape index (κ2) is 7.37. The van der Waals surface area contributed by atoms with Gasteiger partial charge in [-0.1, -0.05) is 31.8 Å². The molecule has 0 aromatic heterocycles. The molecule has 0 aliphatic carbocycles. The van der Waals surface area contributed by atoms with Crippen LogP contribution in [0.2, 0.25) is 0 Å². The zero-order valence-corrected chi connectivity index (χ0v) is 11.1. The van der Waals surface area contributed by atoms with Crippen LogP contribution in [0.15, 0.2) is 18.2 Å². The second-order valence-electron chi connectivity index (χ2n) is 3.84. The van der Waals surface area contributed by atoms with Crippen LogP contribution in [0.5, 0.6) is 0 Å². The maximum atomic E-state index is 13.1. The molecule has 1 rings (SSSR count). The first-order valence-corrected chi connectivity index (χ1v) is 6.81. The van der Waals surface area contributed by atoms with Crippen LogP contribution in [-0.4, -0.2) is 11.8 Å². The molecule has 1 unspecified atom stereocenters. The van der Waals surface area contributed by atoms with Crippen LogP contribution in [0, 0.1) is 17.7 Å². The highest BCUT2D eigenvalue weighted by molar-refractivity contribution is 7.99. The summed E-state index contributed by atoms with van der Waals surface area (Å²) in [7, 11) is 0. The van der Waals surface area contributed by atoms with Crippen LogP contribution in [0.3, 0.4) is 0 Å². The predicted molar refractivity (Wildman–Crippen MR) is 73.4 cm³/mol. The van der Waals surface area contributed by atoms with Gasteiger partial charge in [-0.15, -0.1) is 0 Å². The molecular weight excluding hydrogens is 233 g/mol. The third-order valence-electron chi connectivity index (χ3n) is 2.50. The fraction of sp³-hybridized carbons (Fsp3) is 0.429. The van der Waals surface area contributed by atoms with E-state index in [1.807, 2.05) is 17.8 Å². The summed E-state index contributed by atoms with van der Waals surface area (Å²) in [6.45, 7) is 4.66.